The third-order valence-electron chi connectivity index (χ3n) is 4.41. The molecule has 0 aliphatic heterocycles. The standard InChI is InChI=1S/C18H19F3N6O3/c1-27-8-7-22-16(27)17(29,18(19,20)21)9-14(28)23-10-13-24-15(26-25-13)11-3-5-12(30-2)6-4-11/h3-8,29H,9-10H2,1-2H3,(H,23,28)(H,24,25,26). The van der Waals surface area contributed by atoms with E-state index in [0.29, 0.717) is 17.1 Å². The maximum absolute atomic E-state index is 13.5. The van der Waals surface area contributed by atoms with Gasteiger partial charge in [-0.3, -0.25) is 9.89 Å². The first kappa shape index (κ1) is 21.3. The lowest BCUT2D eigenvalue weighted by Crippen LogP contribution is -2.47. The Labute approximate surface area is 168 Å². The predicted octanol–water partition coefficient (Wildman–Crippen LogP) is 1.67. The molecule has 0 radical (unpaired) electrons. The fraction of sp³-hybridized carbons (Fsp3) is 0.333. The molecular weight excluding hydrogens is 405 g/mol. The summed E-state index contributed by atoms with van der Waals surface area (Å²) >= 11 is 0. The minimum absolute atomic E-state index is 0.198. The maximum atomic E-state index is 13.5. The number of aliphatic hydroxyl groups is 1. The van der Waals surface area contributed by atoms with Gasteiger partial charge in [-0.05, 0) is 24.3 Å². The number of alkyl halides is 3. The second-order valence-electron chi connectivity index (χ2n) is 6.51. The minimum Gasteiger partial charge on any atom is -0.497 e. The van der Waals surface area contributed by atoms with Crippen molar-refractivity contribution in [3.63, 3.8) is 0 Å². The molecule has 9 nitrogen and oxygen atoms in total. The summed E-state index contributed by atoms with van der Waals surface area (Å²) in [4.78, 5) is 19.9. The van der Waals surface area contributed by atoms with E-state index < -0.39 is 29.9 Å². The average molecular weight is 424 g/mol. The lowest BCUT2D eigenvalue weighted by Gasteiger charge is -2.29. The molecule has 0 aliphatic rings. The van der Waals surface area contributed by atoms with Crippen molar-refractivity contribution in [3.05, 3.63) is 48.3 Å². The van der Waals surface area contributed by atoms with Crippen LogP contribution in [0.1, 0.15) is 18.1 Å². The number of imidazole rings is 1. The number of aromatic amines is 1. The number of nitrogens with one attached hydrogen (secondary N) is 2. The summed E-state index contributed by atoms with van der Waals surface area (Å²) in [7, 11) is 2.84. The molecule has 1 amide bonds. The van der Waals surface area contributed by atoms with Crippen LogP contribution in [-0.2, 0) is 24.0 Å². The first-order valence-electron chi connectivity index (χ1n) is 8.73. The highest BCUT2D eigenvalue weighted by atomic mass is 19.4. The van der Waals surface area contributed by atoms with Crippen molar-refractivity contribution in [3.8, 4) is 17.1 Å². The first-order valence-corrected chi connectivity index (χ1v) is 8.73. The van der Waals surface area contributed by atoms with Gasteiger partial charge in [0.15, 0.2) is 11.6 Å². The Bertz CT molecular complexity index is 1010. The largest absolute Gasteiger partial charge is 0.497 e. The van der Waals surface area contributed by atoms with E-state index in [-0.39, 0.29) is 12.4 Å². The number of hydrogen-bond donors (Lipinski definition) is 3. The second kappa shape index (κ2) is 8.14. The normalized spacial score (nSPS) is 13.7. The van der Waals surface area contributed by atoms with Gasteiger partial charge in [0.2, 0.25) is 11.5 Å². The molecule has 0 saturated carbocycles. The van der Waals surface area contributed by atoms with E-state index in [1.807, 2.05) is 0 Å². The molecule has 2 heterocycles. The van der Waals surface area contributed by atoms with E-state index >= 15 is 0 Å². The third kappa shape index (κ3) is 4.27. The molecule has 1 atom stereocenters. The van der Waals surface area contributed by atoms with Crippen LogP contribution in [0.25, 0.3) is 11.4 Å². The zero-order chi connectivity index (χ0) is 21.9. The highest BCUT2D eigenvalue weighted by Crippen LogP contribution is 2.40. The topological polar surface area (TPSA) is 118 Å². The lowest BCUT2D eigenvalue weighted by molar-refractivity contribution is -0.271. The zero-order valence-corrected chi connectivity index (χ0v) is 16.1. The number of ether oxygens (including phenoxy) is 1. The number of amides is 1. The van der Waals surface area contributed by atoms with Crippen molar-refractivity contribution in [2.75, 3.05) is 7.11 Å². The summed E-state index contributed by atoms with van der Waals surface area (Å²) < 4.78 is 46.6. The monoisotopic (exact) mass is 424 g/mol. The number of aryl methyl sites for hydroxylation is 1. The van der Waals surface area contributed by atoms with Crippen LogP contribution in [0.4, 0.5) is 13.2 Å². The number of benzene rings is 1. The summed E-state index contributed by atoms with van der Waals surface area (Å²) in [6.07, 6.45) is -3.99. The first-order chi connectivity index (χ1) is 14.1. The Morgan fingerprint density at radius 2 is 2.00 bits per heavy atom. The zero-order valence-electron chi connectivity index (χ0n) is 16.1. The van der Waals surface area contributed by atoms with E-state index in [2.05, 4.69) is 25.5 Å². The number of hydrogen-bond acceptors (Lipinski definition) is 6. The number of nitrogens with zero attached hydrogens (tertiary/aromatic N) is 4. The van der Waals surface area contributed by atoms with E-state index in [4.69, 9.17) is 4.74 Å². The Kier molecular flexibility index (Phi) is 5.78. The molecule has 0 spiro atoms. The number of H-pyrrole nitrogens is 1. The summed E-state index contributed by atoms with van der Waals surface area (Å²) in [6.45, 7) is -0.198. The van der Waals surface area contributed by atoms with Crippen LogP contribution in [0, 0.1) is 0 Å². The molecule has 160 valence electrons. The van der Waals surface area contributed by atoms with Gasteiger partial charge in [-0.2, -0.15) is 18.3 Å². The molecule has 0 fully saturated rings. The maximum Gasteiger partial charge on any atom is 0.425 e. The highest BCUT2D eigenvalue weighted by molar-refractivity contribution is 5.77. The smallest absolute Gasteiger partial charge is 0.425 e. The van der Waals surface area contributed by atoms with Crippen molar-refractivity contribution in [2.24, 2.45) is 7.05 Å². The molecule has 12 heteroatoms. The Morgan fingerprint density at radius 3 is 2.57 bits per heavy atom. The summed E-state index contributed by atoms with van der Waals surface area (Å²) in [6, 6.07) is 6.92. The fourth-order valence-corrected chi connectivity index (χ4v) is 2.79. The molecule has 30 heavy (non-hydrogen) atoms. The molecule has 3 aromatic rings. The van der Waals surface area contributed by atoms with Crippen LogP contribution >= 0.6 is 0 Å². The van der Waals surface area contributed by atoms with Gasteiger partial charge in [-0.25, -0.2) is 9.97 Å². The Morgan fingerprint density at radius 1 is 1.30 bits per heavy atom. The van der Waals surface area contributed by atoms with Gasteiger partial charge in [0.05, 0.1) is 20.1 Å². The Hall–Kier alpha value is -3.41. The third-order valence-corrected chi connectivity index (χ3v) is 4.41. The average Bonchev–Trinajstić information content (AvgIpc) is 3.34. The van der Waals surface area contributed by atoms with Crippen molar-refractivity contribution < 1.29 is 27.8 Å². The number of carbonyl (C=O) groups excluding carboxylic acids is 1. The lowest BCUT2D eigenvalue weighted by atomic mass is 9.97. The molecule has 0 bridgehead atoms. The van der Waals surface area contributed by atoms with E-state index in [9.17, 15) is 23.1 Å². The van der Waals surface area contributed by atoms with Gasteiger partial charge in [0.1, 0.15) is 11.6 Å². The van der Waals surface area contributed by atoms with Gasteiger partial charge >= 0.3 is 6.18 Å². The van der Waals surface area contributed by atoms with Gasteiger partial charge in [-0.1, -0.05) is 0 Å². The molecule has 0 saturated heterocycles. The van der Waals surface area contributed by atoms with Crippen LogP contribution in [0.5, 0.6) is 5.75 Å². The fourth-order valence-electron chi connectivity index (χ4n) is 2.79. The highest BCUT2D eigenvalue weighted by Gasteiger charge is 2.58. The quantitative estimate of drug-likeness (QED) is 0.531. The van der Waals surface area contributed by atoms with E-state index in [0.717, 1.165) is 10.8 Å². The molecule has 3 rings (SSSR count). The van der Waals surface area contributed by atoms with E-state index in [1.54, 1.807) is 24.3 Å². The molecule has 0 aliphatic carbocycles. The van der Waals surface area contributed by atoms with Crippen LogP contribution in [-0.4, -0.2) is 49.0 Å². The van der Waals surface area contributed by atoms with Crippen molar-refractivity contribution in [1.82, 2.24) is 30.0 Å². The molecule has 1 aromatic carbocycles. The number of rotatable bonds is 7. The molecule has 1 unspecified atom stereocenters. The summed E-state index contributed by atoms with van der Waals surface area (Å²) in [5.41, 5.74) is -2.74. The van der Waals surface area contributed by atoms with Crippen molar-refractivity contribution in [1.29, 1.82) is 0 Å². The van der Waals surface area contributed by atoms with Gasteiger partial charge in [-0.15, -0.1) is 0 Å². The Balaban J connectivity index is 1.66. The minimum atomic E-state index is -5.10. The second-order valence-corrected chi connectivity index (χ2v) is 6.51. The SMILES string of the molecule is COc1ccc(-c2n[nH]c(CNC(=O)CC(O)(c3nccn3C)C(F)(F)F)n2)cc1. The van der Waals surface area contributed by atoms with Crippen LogP contribution in [0.3, 0.4) is 0 Å². The summed E-state index contributed by atoms with van der Waals surface area (Å²) in [5.74, 6) is -0.457. The van der Waals surface area contributed by atoms with Crippen LogP contribution in [0.2, 0.25) is 0 Å². The number of halogens is 3. The van der Waals surface area contributed by atoms with Crippen LogP contribution < -0.4 is 10.1 Å². The number of aromatic nitrogens is 5. The molecule has 2 aromatic heterocycles. The van der Waals surface area contributed by atoms with Gasteiger partial charge in [0.25, 0.3) is 0 Å². The van der Waals surface area contributed by atoms with Crippen molar-refractivity contribution >= 4 is 5.91 Å². The number of methoxy groups -OCH3 is 1. The van der Waals surface area contributed by atoms with E-state index in [1.165, 1.54) is 20.4 Å². The number of carbonyl (C=O) groups is 1. The van der Waals surface area contributed by atoms with Gasteiger partial charge in [0, 0.05) is 25.0 Å². The summed E-state index contributed by atoms with van der Waals surface area (Å²) in [5, 5.41) is 19.2. The predicted molar refractivity (Wildman–Crippen MR) is 98.0 cm³/mol. The molecular formula is C18H19F3N6O3. The molecule has 3 N–H and O–H groups in total. The van der Waals surface area contributed by atoms with Crippen LogP contribution in [0.15, 0.2) is 36.7 Å². The van der Waals surface area contributed by atoms with Gasteiger partial charge < -0.3 is 19.7 Å². The van der Waals surface area contributed by atoms with Crippen molar-refractivity contribution in [2.45, 2.75) is 24.7 Å².